The van der Waals surface area contributed by atoms with Gasteiger partial charge >= 0.3 is 0 Å². The molecule has 6 nitrogen and oxygen atoms in total. The van der Waals surface area contributed by atoms with Crippen LogP contribution in [0.5, 0.6) is 11.5 Å². The van der Waals surface area contributed by atoms with Crippen LogP contribution in [-0.2, 0) is 11.2 Å². The molecule has 0 fully saturated rings. The van der Waals surface area contributed by atoms with Gasteiger partial charge in [0.25, 0.3) is 5.91 Å². The lowest BCUT2D eigenvalue weighted by Crippen LogP contribution is -2.37. The van der Waals surface area contributed by atoms with Crippen LogP contribution in [0.15, 0.2) is 24.3 Å². The van der Waals surface area contributed by atoms with E-state index in [0.29, 0.717) is 41.8 Å². The summed E-state index contributed by atoms with van der Waals surface area (Å²) in [7, 11) is 0. The SMILES string of the molecule is CCc1cc(C(=O)N(CC)CC(=O)Nc2ccc3c(c2)OCCO3)sc1C. The van der Waals surface area contributed by atoms with E-state index in [0.717, 1.165) is 11.3 Å². The van der Waals surface area contributed by atoms with Crippen molar-refractivity contribution in [2.24, 2.45) is 0 Å². The summed E-state index contributed by atoms with van der Waals surface area (Å²) in [6.07, 6.45) is 0.895. The standard InChI is InChI=1S/C20H24N2O4S/c1-4-14-10-18(27-13(14)3)20(24)22(5-2)12-19(23)21-15-6-7-16-17(11-15)26-9-8-25-16/h6-7,10-11H,4-5,8-9,12H2,1-3H3,(H,21,23). The third kappa shape index (κ3) is 4.42. The Morgan fingerprint density at radius 3 is 2.56 bits per heavy atom. The second-order valence-electron chi connectivity index (χ2n) is 6.27. The molecule has 1 N–H and O–H groups in total. The molecule has 0 unspecified atom stereocenters. The topological polar surface area (TPSA) is 67.9 Å². The van der Waals surface area contributed by atoms with Crippen LogP contribution in [0.25, 0.3) is 0 Å². The summed E-state index contributed by atoms with van der Waals surface area (Å²) < 4.78 is 11.0. The van der Waals surface area contributed by atoms with Crippen LogP contribution >= 0.6 is 11.3 Å². The first-order valence-electron chi connectivity index (χ1n) is 9.09. The maximum Gasteiger partial charge on any atom is 0.264 e. The molecule has 3 rings (SSSR count). The molecule has 1 aromatic carbocycles. The van der Waals surface area contributed by atoms with Crippen molar-refractivity contribution in [2.75, 3.05) is 31.6 Å². The van der Waals surface area contributed by atoms with Gasteiger partial charge in [-0.05, 0) is 44.0 Å². The van der Waals surface area contributed by atoms with E-state index in [9.17, 15) is 9.59 Å². The number of rotatable bonds is 6. The average molecular weight is 388 g/mol. The van der Waals surface area contributed by atoms with E-state index in [1.807, 2.05) is 19.9 Å². The van der Waals surface area contributed by atoms with Crippen molar-refractivity contribution >= 4 is 28.8 Å². The van der Waals surface area contributed by atoms with Gasteiger partial charge in [0.05, 0.1) is 4.88 Å². The molecule has 144 valence electrons. The lowest BCUT2D eigenvalue weighted by molar-refractivity contribution is -0.116. The van der Waals surface area contributed by atoms with Crippen LogP contribution in [0.1, 0.15) is 34.0 Å². The fourth-order valence-electron chi connectivity index (χ4n) is 2.95. The van der Waals surface area contributed by atoms with Gasteiger partial charge < -0.3 is 19.7 Å². The Morgan fingerprint density at radius 2 is 1.89 bits per heavy atom. The van der Waals surface area contributed by atoms with Gasteiger partial charge in [0.1, 0.15) is 19.8 Å². The van der Waals surface area contributed by atoms with E-state index in [1.54, 1.807) is 23.1 Å². The van der Waals surface area contributed by atoms with Crippen molar-refractivity contribution in [1.82, 2.24) is 4.90 Å². The van der Waals surface area contributed by atoms with E-state index in [1.165, 1.54) is 16.9 Å². The minimum absolute atomic E-state index is 0.00216. The number of hydrogen-bond acceptors (Lipinski definition) is 5. The van der Waals surface area contributed by atoms with Gasteiger partial charge in [0.2, 0.25) is 5.91 Å². The first-order valence-corrected chi connectivity index (χ1v) is 9.91. The number of amides is 2. The predicted molar refractivity (Wildman–Crippen MR) is 106 cm³/mol. The molecule has 1 aromatic heterocycles. The number of fused-ring (bicyclic) bond motifs is 1. The molecule has 2 heterocycles. The minimum Gasteiger partial charge on any atom is -0.486 e. The molecule has 0 aliphatic carbocycles. The van der Waals surface area contributed by atoms with Crippen LogP contribution < -0.4 is 14.8 Å². The Hall–Kier alpha value is -2.54. The van der Waals surface area contributed by atoms with Crippen molar-refractivity contribution < 1.29 is 19.1 Å². The van der Waals surface area contributed by atoms with E-state index < -0.39 is 0 Å². The van der Waals surface area contributed by atoms with Gasteiger partial charge in [-0.3, -0.25) is 9.59 Å². The lowest BCUT2D eigenvalue weighted by Gasteiger charge is -2.21. The van der Waals surface area contributed by atoms with Crippen LogP contribution in [0.3, 0.4) is 0 Å². The zero-order valence-electron chi connectivity index (χ0n) is 15.8. The molecule has 2 aromatic rings. The highest BCUT2D eigenvalue weighted by Crippen LogP contribution is 2.32. The Morgan fingerprint density at radius 1 is 1.15 bits per heavy atom. The maximum atomic E-state index is 12.8. The molecule has 0 atom stereocenters. The number of anilines is 1. The number of ether oxygens (including phenoxy) is 2. The summed E-state index contributed by atoms with van der Waals surface area (Å²) >= 11 is 1.48. The molecule has 0 radical (unpaired) electrons. The highest BCUT2D eigenvalue weighted by molar-refractivity contribution is 7.14. The molecule has 1 aliphatic rings. The third-order valence-electron chi connectivity index (χ3n) is 4.44. The summed E-state index contributed by atoms with van der Waals surface area (Å²) in [4.78, 5) is 28.6. The van der Waals surface area contributed by atoms with Crippen molar-refractivity contribution in [3.63, 3.8) is 0 Å². The van der Waals surface area contributed by atoms with Gasteiger partial charge in [-0.25, -0.2) is 0 Å². The zero-order chi connectivity index (χ0) is 19.4. The van der Waals surface area contributed by atoms with E-state index in [2.05, 4.69) is 12.2 Å². The molecule has 27 heavy (non-hydrogen) atoms. The average Bonchev–Trinajstić information content (AvgIpc) is 3.06. The summed E-state index contributed by atoms with van der Waals surface area (Å²) in [6, 6.07) is 7.21. The molecule has 0 saturated carbocycles. The van der Waals surface area contributed by atoms with E-state index in [4.69, 9.17) is 9.47 Å². The Labute approximate surface area is 163 Å². The number of thiophene rings is 1. The normalized spacial score (nSPS) is 12.6. The molecular weight excluding hydrogens is 364 g/mol. The van der Waals surface area contributed by atoms with Gasteiger partial charge in [-0.1, -0.05) is 6.92 Å². The fraction of sp³-hybridized carbons (Fsp3) is 0.400. The zero-order valence-corrected chi connectivity index (χ0v) is 16.6. The van der Waals surface area contributed by atoms with Crippen molar-refractivity contribution in [3.8, 4) is 11.5 Å². The largest absolute Gasteiger partial charge is 0.486 e. The number of nitrogens with zero attached hydrogens (tertiary/aromatic N) is 1. The number of carbonyl (C=O) groups excluding carboxylic acids is 2. The Bertz CT molecular complexity index is 847. The Kier molecular flexibility index (Phi) is 6.01. The summed E-state index contributed by atoms with van der Waals surface area (Å²) in [5, 5.41) is 2.83. The second kappa shape index (κ2) is 8.43. The maximum absolute atomic E-state index is 12.8. The lowest BCUT2D eigenvalue weighted by atomic mass is 10.2. The van der Waals surface area contributed by atoms with Gasteiger partial charge in [0, 0.05) is 23.2 Å². The predicted octanol–water partition coefficient (Wildman–Crippen LogP) is 3.49. The monoisotopic (exact) mass is 388 g/mol. The van der Waals surface area contributed by atoms with Crippen LogP contribution in [-0.4, -0.2) is 43.0 Å². The first kappa shape index (κ1) is 19.2. The smallest absolute Gasteiger partial charge is 0.264 e. The third-order valence-corrected chi connectivity index (χ3v) is 5.52. The fourth-order valence-corrected chi connectivity index (χ4v) is 4.04. The van der Waals surface area contributed by atoms with Gasteiger partial charge in [-0.2, -0.15) is 0 Å². The molecular formula is C20H24N2O4S. The number of aryl methyl sites for hydroxylation is 2. The quantitative estimate of drug-likeness (QED) is 0.823. The second-order valence-corrected chi connectivity index (χ2v) is 7.53. The number of benzene rings is 1. The van der Waals surface area contributed by atoms with Crippen LogP contribution in [0.2, 0.25) is 0 Å². The van der Waals surface area contributed by atoms with E-state index >= 15 is 0 Å². The summed E-state index contributed by atoms with van der Waals surface area (Å²) in [6.45, 7) is 7.44. The van der Waals surface area contributed by atoms with Crippen LogP contribution in [0, 0.1) is 6.92 Å². The summed E-state index contributed by atoms with van der Waals surface area (Å²) in [5.74, 6) is 0.932. The number of hydrogen-bond donors (Lipinski definition) is 1. The van der Waals surface area contributed by atoms with E-state index in [-0.39, 0.29) is 18.4 Å². The summed E-state index contributed by atoms with van der Waals surface area (Å²) in [5.41, 5.74) is 1.80. The number of likely N-dealkylation sites (N-methyl/N-ethyl adjacent to an activating group) is 1. The molecule has 0 saturated heterocycles. The molecule has 0 spiro atoms. The Balaban J connectivity index is 1.65. The molecule has 2 amide bonds. The van der Waals surface area contributed by atoms with Gasteiger partial charge in [-0.15, -0.1) is 11.3 Å². The van der Waals surface area contributed by atoms with Gasteiger partial charge in [0.15, 0.2) is 11.5 Å². The van der Waals surface area contributed by atoms with Crippen LogP contribution in [0.4, 0.5) is 5.69 Å². The van der Waals surface area contributed by atoms with Crippen molar-refractivity contribution in [3.05, 3.63) is 39.6 Å². The van der Waals surface area contributed by atoms with Crippen molar-refractivity contribution in [2.45, 2.75) is 27.2 Å². The number of carbonyl (C=O) groups is 2. The highest BCUT2D eigenvalue weighted by atomic mass is 32.1. The van der Waals surface area contributed by atoms with Crippen molar-refractivity contribution in [1.29, 1.82) is 0 Å². The molecule has 0 bridgehead atoms. The highest BCUT2D eigenvalue weighted by Gasteiger charge is 2.20. The number of nitrogens with one attached hydrogen (secondary N) is 1. The first-order chi connectivity index (χ1) is 13.0. The minimum atomic E-state index is -0.245. The molecule has 1 aliphatic heterocycles. The molecule has 7 heteroatoms.